The molecule has 2 fully saturated rings. The van der Waals surface area contributed by atoms with E-state index in [1.165, 1.54) is 19.3 Å². The van der Waals surface area contributed by atoms with E-state index < -0.39 is 0 Å². The maximum Gasteiger partial charge on any atom is 0.226 e. The molecule has 0 aromatic heterocycles. The Bertz CT molecular complexity index is 259. The summed E-state index contributed by atoms with van der Waals surface area (Å²) < 4.78 is 0. The van der Waals surface area contributed by atoms with Crippen molar-refractivity contribution < 1.29 is 4.79 Å². The van der Waals surface area contributed by atoms with Crippen LogP contribution in [0.1, 0.15) is 32.1 Å². The van der Waals surface area contributed by atoms with Crippen LogP contribution in [0.3, 0.4) is 0 Å². The number of piperidine rings is 1. The molecule has 2 aliphatic heterocycles. The molecule has 2 saturated heterocycles. The highest BCUT2D eigenvalue weighted by molar-refractivity contribution is 5.77. The lowest BCUT2D eigenvalue weighted by atomic mass is 9.89. The van der Waals surface area contributed by atoms with E-state index in [1.54, 1.807) is 6.08 Å². The van der Waals surface area contributed by atoms with Gasteiger partial charge in [-0.15, -0.1) is 6.58 Å². The van der Waals surface area contributed by atoms with Crippen LogP contribution >= 0.6 is 0 Å². The highest BCUT2D eigenvalue weighted by atomic mass is 16.2. The second kappa shape index (κ2) is 5.48. The van der Waals surface area contributed by atoms with Crippen LogP contribution in [0.2, 0.25) is 0 Å². The van der Waals surface area contributed by atoms with Gasteiger partial charge >= 0.3 is 0 Å². The largest absolute Gasteiger partial charge is 0.342 e. The van der Waals surface area contributed by atoms with Gasteiger partial charge in [0.15, 0.2) is 0 Å². The lowest BCUT2D eigenvalue weighted by Crippen LogP contribution is -2.45. The molecule has 0 bridgehead atoms. The van der Waals surface area contributed by atoms with E-state index in [9.17, 15) is 4.79 Å². The number of nitrogens with one attached hydrogen (secondary N) is 1. The average molecular weight is 222 g/mol. The van der Waals surface area contributed by atoms with Gasteiger partial charge in [-0.1, -0.05) is 6.08 Å². The molecule has 2 heterocycles. The predicted molar refractivity (Wildman–Crippen MR) is 65.1 cm³/mol. The molecule has 2 aliphatic rings. The molecule has 0 saturated carbocycles. The van der Waals surface area contributed by atoms with Crippen LogP contribution in [0.25, 0.3) is 0 Å². The Morgan fingerprint density at radius 3 is 3.00 bits per heavy atom. The molecule has 0 spiro atoms. The third-order valence-electron chi connectivity index (χ3n) is 3.80. The quantitative estimate of drug-likeness (QED) is 0.735. The molecule has 16 heavy (non-hydrogen) atoms. The first-order chi connectivity index (χ1) is 7.81. The standard InChI is InChI=1S/C13H22N2O/c1-2-5-13(16)15-9-4-6-11(10-15)12-7-3-8-14-12/h2,11-12,14H,1,3-10H2. The number of carbonyl (C=O) groups is 1. The van der Waals surface area contributed by atoms with E-state index in [-0.39, 0.29) is 5.91 Å². The lowest BCUT2D eigenvalue weighted by Gasteiger charge is -2.35. The van der Waals surface area contributed by atoms with Crippen LogP contribution in [0, 0.1) is 5.92 Å². The number of likely N-dealkylation sites (tertiary alicyclic amines) is 1. The molecular weight excluding hydrogens is 200 g/mol. The SMILES string of the molecule is C=CCC(=O)N1CCCC(C2CCCN2)C1. The molecule has 2 rings (SSSR count). The summed E-state index contributed by atoms with van der Waals surface area (Å²) in [6, 6.07) is 0.652. The van der Waals surface area contributed by atoms with E-state index in [1.807, 2.05) is 4.90 Å². The fourth-order valence-corrected chi connectivity index (χ4v) is 2.93. The van der Waals surface area contributed by atoms with Gasteiger partial charge in [0.2, 0.25) is 5.91 Å². The molecule has 0 radical (unpaired) electrons. The van der Waals surface area contributed by atoms with Gasteiger partial charge in [0, 0.05) is 25.6 Å². The third kappa shape index (κ3) is 2.64. The number of rotatable bonds is 3. The van der Waals surface area contributed by atoms with Crippen molar-refractivity contribution >= 4 is 5.91 Å². The first-order valence-electron chi connectivity index (χ1n) is 6.43. The molecule has 1 amide bonds. The number of hydrogen-bond acceptors (Lipinski definition) is 2. The van der Waals surface area contributed by atoms with Crippen LogP contribution in [0.15, 0.2) is 12.7 Å². The monoisotopic (exact) mass is 222 g/mol. The van der Waals surface area contributed by atoms with Gasteiger partial charge in [-0.3, -0.25) is 4.79 Å². The molecule has 3 nitrogen and oxygen atoms in total. The van der Waals surface area contributed by atoms with Crippen molar-refractivity contribution in [2.75, 3.05) is 19.6 Å². The van der Waals surface area contributed by atoms with Crippen molar-refractivity contribution in [3.8, 4) is 0 Å². The average Bonchev–Trinajstić information content (AvgIpc) is 2.83. The Morgan fingerprint density at radius 1 is 1.44 bits per heavy atom. The Morgan fingerprint density at radius 2 is 2.31 bits per heavy atom. The van der Waals surface area contributed by atoms with Gasteiger partial charge in [0.1, 0.15) is 0 Å². The Kier molecular flexibility index (Phi) is 3.99. The zero-order chi connectivity index (χ0) is 11.4. The highest BCUT2D eigenvalue weighted by Gasteiger charge is 2.30. The van der Waals surface area contributed by atoms with E-state index in [0.717, 1.165) is 26.1 Å². The smallest absolute Gasteiger partial charge is 0.226 e. The van der Waals surface area contributed by atoms with E-state index in [2.05, 4.69) is 11.9 Å². The third-order valence-corrected chi connectivity index (χ3v) is 3.80. The van der Waals surface area contributed by atoms with Gasteiger partial charge in [0.25, 0.3) is 0 Å². The van der Waals surface area contributed by atoms with Gasteiger partial charge in [-0.05, 0) is 38.1 Å². The summed E-state index contributed by atoms with van der Waals surface area (Å²) in [5, 5.41) is 3.56. The molecule has 0 aromatic carbocycles. The summed E-state index contributed by atoms with van der Waals surface area (Å²) in [6.07, 6.45) is 7.21. The second-order valence-electron chi connectivity index (χ2n) is 4.94. The first kappa shape index (κ1) is 11.6. The summed E-state index contributed by atoms with van der Waals surface area (Å²) in [5.41, 5.74) is 0. The first-order valence-corrected chi connectivity index (χ1v) is 6.43. The van der Waals surface area contributed by atoms with Crippen LogP contribution in [-0.2, 0) is 4.79 Å². The summed E-state index contributed by atoms with van der Waals surface area (Å²) in [7, 11) is 0. The maximum absolute atomic E-state index is 11.8. The molecule has 2 unspecified atom stereocenters. The lowest BCUT2D eigenvalue weighted by molar-refractivity contribution is -0.132. The van der Waals surface area contributed by atoms with Crippen molar-refractivity contribution in [2.45, 2.75) is 38.1 Å². The highest BCUT2D eigenvalue weighted by Crippen LogP contribution is 2.24. The van der Waals surface area contributed by atoms with E-state index >= 15 is 0 Å². The Hall–Kier alpha value is -0.830. The van der Waals surface area contributed by atoms with Crippen LogP contribution in [0.5, 0.6) is 0 Å². The van der Waals surface area contributed by atoms with Gasteiger partial charge in [0.05, 0.1) is 0 Å². The number of amides is 1. The summed E-state index contributed by atoms with van der Waals surface area (Å²) in [5.74, 6) is 0.919. The molecule has 0 aliphatic carbocycles. The van der Waals surface area contributed by atoms with Crippen molar-refractivity contribution in [3.63, 3.8) is 0 Å². The zero-order valence-electron chi connectivity index (χ0n) is 9.95. The van der Waals surface area contributed by atoms with Gasteiger partial charge in [-0.2, -0.15) is 0 Å². The van der Waals surface area contributed by atoms with E-state index in [0.29, 0.717) is 18.4 Å². The molecular formula is C13H22N2O. The maximum atomic E-state index is 11.8. The fraction of sp³-hybridized carbons (Fsp3) is 0.769. The number of carbonyl (C=O) groups excluding carboxylic acids is 1. The van der Waals surface area contributed by atoms with Crippen molar-refractivity contribution in [2.24, 2.45) is 5.92 Å². The molecule has 90 valence electrons. The van der Waals surface area contributed by atoms with Crippen LogP contribution in [0.4, 0.5) is 0 Å². The molecule has 1 N–H and O–H groups in total. The van der Waals surface area contributed by atoms with E-state index in [4.69, 9.17) is 0 Å². The Balaban J connectivity index is 1.87. The van der Waals surface area contributed by atoms with Gasteiger partial charge in [-0.25, -0.2) is 0 Å². The molecule has 0 aromatic rings. The second-order valence-corrected chi connectivity index (χ2v) is 4.94. The van der Waals surface area contributed by atoms with Crippen molar-refractivity contribution in [1.29, 1.82) is 0 Å². The fourth-order valence-electron chi connectivity index (χ4n) is 2.93. The Labute approximate surface area is 97.9 Å². The van der Waals surface area contributed by atoms with Gasteiger partial charge < -0.3 is 10.2 Å². The zero-order valence-corrected chi connectivity index (χ0v) is 9.95. The minimum absolute atomic E-state index is 0.248. The minimum Gasteiger partial charge on any atom is -0.342 e. The summed E-state index contributed by atoms with van der Waals surface area (Å²) >= 11 is 0. The van der Waals surface area contributed by atoms with Crippen LogP contribution < -0.4 is 5.32 Å². The number of nitrogens with zero attached hydrogens (tertiary/aromatic N) is 1. The summed E-state index contributed by atoms with van der Waals surface area (Å²) in [4.78, 5) is 13.8. The summed E-state index contributed by atoms with van der Waals surface area (Å²) in [6.45, 7) is 6.68. The number of hydrogen-bond donors (Lipinski definition) is 1. The van der Waals surface area contributed by atoms with Crippen molar-refractivity contribution in [1.82, 2.24) is 10.2 Å². The normalized spacial score (nSPS) is 30.4. The van der Waals surface area contributed by atoms with Crippen molar-refractivity contribution in [3.05, 3.63) is 12.7 Å². The van der Waals surface area contributed by atoms with Crippen LogP contribution in [-0.4, -0.2) is 36.5 Å². The molecule has 3 heteroatoms. The predicted octanol–water partition coefficient (Wildman–Crippen LogP) is 1.55. The topological polar surface area (TPSA) is 32.3 Å². The molecule has 2 atom stereocenters. The minimum atomic E-state index is 0.248.